The molecule has 34 heavy (non-hydrogen) atoms. The van der Waals surface area contributed by atoms with Crippen molar-refractivity contribution in [2.75, 3.05) is 55.8 Å². The third-order valence-corrected chi connectivity index (χ3v) is 7.23. The molecule has 0 saturated carbocycles. The first-order valence-electron chi connectivity index (χ1n) is 11.3. The predicted octanol–water partition coefficient (Wildman–Crippen LogP) is 3.60. The van der Waals surface area contributed by atoms with Crippen LogP contribution >= 0.6 is 23.4 Å². The molecule has 182 valence electrons. The lowest BCUT2D eigenvalue weighted by Crippen LogP contribution is -2.40. The lowest BCUT2D eigenvalue weighted by Gasteiger charge is -2.27. The van der Waals surface area contributed by atoms with Gasteiger partial charge in [-0.2, -0.15) is 11.8 Å². The number of nitrogens with zero attached hydrogens (tertiary/aromatic N) is 1. The number of carbonyl (C=O) groups excluding carboxylic acids is 2. The number of fused-ring (bicyclic) bond motifs is 1. The molecule has 1 atom stereocenters. The number of halogens is 2. The van der Waals surface area contributed by atoms with Gasteiger partial charge in [-0.05, 0) is 43.3 Å². The van der Waals surface area contributed by atoms with E-state index in [9.17, 15) is 14.0 Å². The molecular weight excluding hydrogens is 479 g/mol. The Kier molecular flexibility index (Phi) is 8.66. The van der Waals surface area contributed by atoms with Crippen LogP contribution < -0.4 is 16.0 Å². The molecule has 2 amide bonds. The SMILES string of the molecule is O=C(NCCCN1CCOCC1)c1ccc2c(c1)NC(=O)C(CSCc1c(F)cccc1Cl)N2. The fourth-order valence-electron chi connectivity index (χ4n) is 3.89. The molecule has 1 fully saturated rings. The van der Waals surface area contributed by atoms with Crippen LogP contribution in [0.2, 0.25) is 5.02 Å². The van der Waals surface area contributed by atoms with E-state index in [0.29, 0.717) is 39.9 Å². The smallest absolute Gasteiger partial charge is 0.251 e. The van der Waals surface area contributed by atoms with Gasteiger partial charge in [-0.1, -0.05) is 17.7 Å². The highest BCUT2D eigenvalue weighted by molar-refractivity contribution is 7.98. The fourth-order valence-corrected chi connectivity index (χ4v) is 5.28. The van der Waals surface area contributed by atoms with Crippen LogP contribution in [0.4, 0.5) is 15.8 Å². The number of hydrogen-bond acceptors (Lipinski definition) is 6. The summed E-state index contributed by atoms with van der Waals surface area (Å²) in [6.07, 6.45) is 0.867. The third kappa shape index (κ3) is 6.41. The van der Waals surface area contributed by atoms with Crippen molar-refractivity contribution in [1.82, 2.24) is 10.2 Å². The number of nitrogens with one attached hydrogen (secondary N) is 3. The summed E-state index contributed by atoms with van der Waals surface area (Å²) in [4.78, 5) is 27.4. The molecule has 10 heteroatoms. The Balaban J connectivity index is 1.25. The summed E-state index contributed by atoms with van der Waals surface area (Å²) in [6, 6.07) is 9.34. The lowest BCUT2D eigenvalue weighted by atomic mass is 10.1. The normalized spacial score (nSPS) is 18.1. The topological polar surface area (TPSA) is 82.7 Å². The quantitative estimate of drug-likeness (QED) is 0.451. The summed E-state index contributed by atoms with van der Waals surface area (Å²) in [5.41, 5.74) is 2.25. The molecule has 0 aliphatic carbocycles. The Labute approximate surface area is 207 Å². The van der Waals surface area contributed by atoms with Gasteiger partial charge in [0, 0.05) is 47.3 Å². The number of ether oxygens (including phenoxy) is 1. The number of hydrogen-bond donors (Lipinski definition) is 3. The second-order valence-electron chi connectivity index (χ2n) is 8.23. The zero-order chi connectivity index (χ0) is 23.9. The molecule has 2 aliphatic heterocycles. The van der Waals surface area contributed by atoms with Gasteiger partial charge in [0.15, 0.2) is 0 Å². The van der Waals surface area contributed by atoms with Crippen LogP contribution in [0.5, 0.6) is 0 Å². The molecule has 2 heterocycles. The Morgan fingerprint density at radius 1 is 1.24 bits per heavy atom. The minimum absolute atomic E-state index is 0.168. The molecule has 2 aromatic carbocycles. The number of amides is 2. The highest BCUT2D eigenvalue weighted by Crippen LogP contribution is 2.30. The van der Waals surface area contributed by atoms with E-state index in [4.69, 9.17) is 16.3 Å². The number of rotatable bonds is 9. The van der Waals surface area contributed by atoms with E-state index in [1.807, 2.05) is 0 Å². The number of thioether (sulfide) groups is 1. The molecule has 1 saturated heterocycles. The van der Waals surface area contributed by atoms with Crippen LogP contribution in [-0.4, -0.2) is 67.9 Å². The van der Waals surface area contributed by atoms with Crippen molar-refractivity contribution < 1.29 is 18.7 Å². The van der Waals surface area contributed by atoms with Gasteiger partial charge >= 0.3 is 0 Å². The maximum Gasteiger partial charge on any atom is 0.251 e. The third-order valence-electron chi connectivity index (χ3n) is 5.82. The Bertz CT molecular complexity index is 1020. The van der Waals surface area contributed by atoms with Crippen molar-refractivity contribution in [2.24, 2.45) is 0 Å². The largest absolute Gasteiger partial charge is 0.379 e. The number of anilines is 2. The van der Waals surface area contributed by atoms with E-state index >= 15 is 0 Å². The Morgan fingerprint density at radius 3 is 2.85 bits per heavy atom. The first kappa shape index (κ1) is 24.8. The minimum atomic E-state index is -0.470. The lowest BCUT2D eigenvalue weighted by molar-refractivity contribution is -0.116. The molecular formula is C24H28ClFN4O3S. The monoisotopic (exact) mass is 506 g/mol. The highest BCUT2D eigenvalue weighted by Gasteiger charge is 2.26. The summed E-state index contributed by atoms with van der Waals surface area (Å²) >= 11 is 7.50. The number of benzene rings is 2. The van der Waals surface area contributed by atoms with E-state index in [0.717, 1.165) is 45.0 Å². The van der Waals surface area contributed by atoms with E-state index in [1.165, 1.54) is 17.8 Å². The van der Waals surface area contributed by atoms with Gasteiger partial charge in [0.1, 0.15) is 11.9 Å². The molecule has 0 bridgehead atoms. The molecule has 2 aliphatic rings. The summed E-state index contributed by atoms with van der Waals surface area (Å²) in [5.74, 6) is 0.106. The van der Waals surface area contributed by atoms with Gasteiger partial charge in [0.2, 0.25) is 5.91 Å². The molecule has 0 aromatic heterocycles. The first-order chi connectivity index (χ1) is 16.5. The van der Waals surface area contributed by atoms with Crippen LogP contribution in [0.3, 0.4) is 0 Å². The first-order valence-corrected chi connectivity index (χ1v) is 12.8. The fraction of sp³-hybridized carbons (Fsp3) is 0.417. The van der Waals surface area contributed by atoms with E-state index in [1.54, 1.807) is 30.3 Å². The zero-order valence-electron chi connectivity index (χ0n) is 18.7. The molecule has 7 nitrogen and oxygen atoms in total. The van der Waals surface area contributed by atoms with Crippen LogP contribution in [0, 0.1) is 5.82 Å². The second kappa shape index (κ2) is 11.9. The van der Waals surface area contributed by atoms with Crippen LogP contribution in [-0.2, 0) is 15.3 Å². The molecule has 1 unspecified atom stereocenters. The molecule has 2 aromatic rings. The van der Waals surface area contributed by atoms with Crippen molar-refractivity contribution in [2.45, 2.75) is 18.2 Å². The summed E-state index contributed by atoms with van der Waals surface area (Å²) in [5, 5.41) is 9.41. The Hall–Kier alpha value is -2.33. The average molecular weight is 507 g/mol. The van der Waals surface area contributed by atoms with Crippen LogP contribution in [0.15, 0.2) is 36.4 Å². The second-order valence-corrected chi connectivity index (χ2v) is 9.66. The van der Waals surface area contributed by atoms with Crippen molar-refractivity contribution in [3.05, 3.63) is 58.4 Å². The number of carbonyl (C=O) groups is 2. The van der Waals surface area contributed by atoms with Crippen LogP contribution in [0.25, 0.3) is 0 Å². The predicted molar refractivity (Wildman–Crippen MR) is 134 cm³/mol. The van der Waals surface area contributed by atoms with Crippen molar-refractivity contribution in [3.8, 4) is 0 Å². The van der Waals surface area contributed by atoms with Gasteiger partial charge in [-0.3, -0.25) is 14.5 Å². The summed E-state index contributed by atoms with van der Waals surface area (Å²) < 4.78 is 19.3. The molecule has 0 radical (unpaired) electrons. The maximum atomic E-state index is 13.9. The van der Waals surface area contributed by atoms with Gasteiger partial charge in [-0.25, -0.2) is 4.39 Å². The van der Waals surface area contributed by atoms with Gasteiger partial charge < -0.3 is 20.7 Å². The van der Waals surface area contributed by atoms with Crippen molar-refractivity contribution in [1.29, 1.82) is 0 Å². The van der Waals surface area contributed by atoms with E-state index < -0.39 is 6.04 Å². The van der Waals surface area contributed by atoms with Crippen molar-refractivity contribution >= 4 is 46.6 Å². The van der Waals surface area contributed by atoms with E-state index in [2.05, 4.69) is 20.9 Å². The zero-order valence-corrected chi connectivity index (χ0v) is 20.3. The number of morpholine rings is 1. The molecule has 0 spiro atoms. The molecule has 4 rings (SSSR count). The summed E-state index contributed by atoms with van der Waals surface area (Å²) in [6.45, 7) is 4.91. The average Bonchev–Trinajstić information content (AvgIpc) is 2.84. The molecule has 3 N–H and O–H groups in total. The highest BCUT2D eigenvalue weighted by atomic mass is 35.5. The maximum absolute atomic E-state index is 13.9. The van der Waals surface area contributed by atoms with E-state index in [-0.39, 0.29) is 17.6 Å². The van der Waals surface area contributed by atoms with Gasteiger partial charge in [-0.15, -0.1) is 0 Å². The van der Waals surface area contributed by atoms with Crippen LogP contribution in [0.1, 0.15) is 22.3 Å². The standard InChI is InChI=1S/C24H28ClFN4O3S/c25-18-3-1-4-19(26)17(18)14-34-15-22-24(32)29-21-13-16(5-6-20(21)28-22)23(31)27-7-2-8-30-9-11-33-12-10-30/h1,3-6,13,22,28H,2,7-12,14-15H2,(H,27,31)(H,29,32). The minimum Gasteiger partial charge on any atom is -0.379 e. The van der Waals surface area contributed by atoms with Crippen molar-refractivity contribution in [3.63, 3.8) is 0 Å². The summed E-state index contributed by atoms with van der Waals surface area (Å²) in [7, 11) is 0. The van der Waals surface area contributed by atoms with Gasteiger partial charge in [0.25, 0.3) is 5.91 Å². The Morgan fingerprint density at radius 2 is 2.06 bits per heavy atom. The van der Waals surface area contributed by atoms with Gasteiger partial charge in [0.05, 0.1) is 24.6 Å².